The third-order valence-electron chi connectivity index (χ3n) is 9.99. The molecule has 0 aliphatic heterocycles. The number of para-hydroxylation sites is 3. The zero-order chi connectivity index (χ0) is 32.7. The van der Waals surface area contributed by atoms with E-state index in [1.165, 1.54) is 49.6 Å². The van der Waals surface area contributed by atoms with Crippen molar-refractivity contribution in [3.63, 3.8) is 0 Å². The van der Waals surface area contributed by atoms with Gasteiger partial charge in [0.05, 0.1) is 44.9 Å². The summed E-state index contributed by atoms with van der Waals surface area (Å²) in [4.78, 5) is 5.40. The minimum atomic E-state index is 0.287. The monoisotopic (exact) mass is 618 g/mol. The number of hydrogen-bond acceptors (Lipinski definition) is 2. The van der Waals surface area contributed by atoms with E-state index in [4.69, 9.17) is 4.98 Å². The van der Waals surface area contributed by atoms with Crippen molar-refractivity contribution < 1.29 is 0 Å². The number of rotatable bonds is 5. The molecule has 0 N–H and O–H groups in total. The van der Waals surface area contributed by atoms with E-state index in [0.29, 0.717) is 5.56 Å². The molecule has 0 aliphatic carbocycles. The molecule has 9 rings (SSSR count). The predicted octanol–water partition coefficient (Wildman–Crippen LogP) is 11.6. The SMILES string of the molecule is CC(C)c1cc(-c2ccccc2)cc(C(C)C)c1-n1c(-c2cc3c4ccccc4n4c5cc(C#N)ccc5c(c2)c34)nc2ccccc21. The summed E-state index contributed by atoms with van der Waals surface area (Å²) in [7, 11) is 0. The standard InChI is InChI=1S/C44H34N4/c1-26(2)34-21-30(29-12-6-5-7-13-29)22-35(27(3)4)42(34)48-40-17-11-9-15-38(40)46-44(48)31-23-36-32-14-8-10-16-39(32)47-41-20-28(25-45)18-19-33(41)37(24-31)43(36)47/h5-24,26-27H,1-4H3. The second-order valence-corrected chi connectivity index (χ2v) is 13.6. The molecule has 4 nitrogen and oxygen atoms in total. The summed E-state index contributed by atoms with van der Waals surface area (Å²) < 4.78 is 4.76. The highest BCUT2D eigenvalue weighted by atomic mass is 15.1. The summed E-state index contributed by atoms with van der Waals surface area (Å²) >= 11 is 0. The molecule has 0 unspecified atom stereocenters. The van der Waals surface area contributed by atoms with Crippen molar-refractivity contribution in [2.75, 3.05) is 0 Å². The molecule has 0 spiro atoms. The highest BCUT2D eigenvalue weighted by Gasteiger charge is 2.25. The third kappa shape index (κ3) is 4.04. The fourth-order valence-electron chi connectivity index (χ4n) is 7.76. The quantitative estimate of drug-likeness (QED) is 0.193. The molecule has 0 amide bonds. The van der Waals surface area contributed by atoms with Crippen LogP contribution in [0.25, 0.3) is 77.3 Å². The first kappa shape index (κ1) is 28.3. The van der Waals surface area contributed by atoms with Gasteiger partial charge in [-0.1, -0.05) is 94.4 Å². The van der Waals surface area contributed by atoms with Gasteiger partial charge in [-0.15, -0.1) is 0 Å². The maximum Gasteiger partial charge on any atom is 0.145 e. The Balaban J connectivity index is 1.41. The van der Waals surface area contributed by atoms with Gasteiger partial charge in [0.1, 0.15) is 5.82 Å². The Morgan fingerprint density at radius 1 is 0.562 bits per heavy atom. The van der Waals surface area contributed by atoms with Crippen LogP contribution in [0.15, 0.2) is 121 Å². The molecule has 48 heavy (non-hydrogen) atoms. The Morgan fingerprint density at radius 3 is 1.88 bits per heavy atom. The summed E-state index contributed by atoms with van der Waals surface area (Å²) in [5.41, 5.74) is 13.5. The maximum atomic E-state index is 9.78. The highest BCUT2D eigenvalue weighted by molar-refractivity contribution is 6.24. The molecule has 0 fully saturated rings. The zero-order valence-electron chi connectivity index (χ0n) is 27.5. The lowest BCUT2D eigenvalue weighted by molar-refractivity contribution is 0.811. The van der Waals surface area contributed by atoms with E-state index in [2.05, 4.69) is 152 Å². The predicted molar refractivity (Wildman–Crippen MR) is 199 cm³/mol. The first-order valence-corrected chi connectivity index (χ1v) is 16.8. The van der Waals surface area contributed by atoms with Crippen molar-refractivity contribution in [1.29, 1.82) is 5.26 Å². The van der Waals surface area contributed by atoms with Crippen LogP contribution in [0.1, 0.15) is 56.2 Å². The first-order valence-electron chi connectivity index (χ1n) is 16.8. The van der Waals surface area contributed by atoms with Gasteiger partial charge >= 0.3 is 0 Å². The molecule has 4 heteroatoms. The minimum Gasteiger partial charge on any atom is -0.308 e. The number of imidazole rings is 1. The maximum absolute atomic E-state index is 9.78. The average Bonchev–Trinajstić information content (AvgIpc) is 3.77. The lowest BCUT2D eigenvalue weighted by Crippen LogP contribution is -2.09. The van der Waals surface area contributed by atoms with Gasteiger partial charge in [0, 0.05) is 27.1 Å². The van der Waals surface area contributed by atoms with Crippen molar-refractivity contribution in [1.82, 2.24) is 14.0 Å². The van der Waals surface area contributed by atoms with Crippen molar-refractivity contribution in [3.8, 4) is 34.3 Å². The molecule has 3 aromatic heterocycles. The van der Waals surface area contributed by atoms with Crippen molar-refractivity contribution in [2.45, 2.75) is 39.5 Å². The van der Waals surface area contributed by atoms with Crippen molar-refractivity contribution in [3.05, 3.63) is 138 Å². The molecule has 0 aliphatic rings. The van der Waals surface area contributed by atoms with Gasteiger partial charge in [0.25, 0.3) is 0 Å². The molecule has 0 saturated heterocycles. The van der Waals surface area contributed by atoms with E-state index in [9.17, 15) is 5.26 Å². The van der Waals surface area contributed by atoms with E-state index in [-0.39, 0.29) is 11.8 Å². The van der Waals surface area contributed by atoms with E-state index in [1.807, 2.05) is 12.1 Å². The molecule has 3 heterocycles. The summed E-state index contributed by atoms with van der Waals surface area (Å²) in [6.07, 6.45) is 0. The van der Waals surface area contributed by atoms with Gasteiger partial charge < -0.3 is 4.40 Å². The third-order valence-corrected chi connectivity index (χ3v) is 9.99. The van der Waals surface area contributed by atoms with E-state index < -0.39 is 0 Å². The van der Waals surface area contributed by atoms with Crippen LogP contribution in [0.4, 0.5) is 0 Å². The summed E-state index contributed by atoms with van der Waals surface area (Å²) in [5.74, 6) is 1.51. The van der Waals surface area contributed by atoms with Crippen LogP contribution in [-0.2, 0) is 0 Å². The van der Waals surface area contributed by atoms with E-state index in [1.54, 1.807) is 0 Å². The van der Waals surface area contributed by atoms with Crippen molar-refractivity contribution in [2.24, 2.45) is 0 Å². The zero-order valence-corrected chi connectivity index (χ0v) is 27.5. The number of hydrogen-bond donors (Lipinski definition) is 0. The smallest absolute Gasteiger partial charge is 0.145 e. The largest absolute Gasteiger partial charge is 0.308 e. The normalized spacial score (nSPS) is 12.1. The molecule has 0 atom stereocenters. The van der Waals surface area contributed by atoms with Gasteiger partial charge in [0.2, 0.25) is 0 Å². The van der Waals surface area contributed by atoms with Crippen LogP contribution in [-0.4, -0.2) is 14.0 Å². The lowest BCUT2D eigenvalue weighted by Gasteiger charge is -2.24. The highest BCUT2D eigenvalue weighted by Crippen LogP contribution is 2.44. The van der Waals surface area contributed by atoms with E-state index >= 15 is 0 Å². The van der Waals surface area contributed by atoms with Gasteiger partial charge in [-0.3, -0.25) is 4.57 Å². The molecule has 0 saturated carbocycles. The molecular weight excluding hydrogens is 585 g/mol. The second kappa shape index (κ2) is 10.6. The number of fused-ring (bicyclic) bond motifs is 7. The van der Waals surface area contributed by atoms with Crippen molar-refractivity contribution >= 4 is 49.1 Å². The summed E-state index contributed by atoms with van der Waals surface area (Å²) in [5, 5.41) is 14.5. The number of nitrogens with zero attached hydrogens (tertiary/aromatic N) is 4. The second-order valence-electron chi connectivity index (χ2n) is 13.6. The molecular formula is C44H34N4. The van der Waals surface area contributed by atoms with Gasteiger partial charge in [-0.05, 0) is 88.7 Å². The van der Waals surface area contributed by atoms with Crippen LogP contribution >= 0.6 is 0 Å². The molecule has 6 aromatic carbocycles. The Hall–Kier alpha value is -5.92. The lowest BCUT2D eigenvalue weighted by atomic mass is 9.88. The Labute approximate surface area is 279 Å². The Kier molecular flexibility index (Phi) is 6.22. The fraction of sp³-hybridized carbons (Fsp3) is 0.136. The average molecular weight is 619 g/mol. The van der Waals surface area contributed by atoms with Gasteiger partial charge in [0.15, 0.2) is 0 Å². The minimum absolute atomic E-state index is 0.287. The first-order chi connectivity index (χ1) is 23.4. The van der Waals surface area contributed by atoms with Gasteiger partial charge in [-0.25, -0.2) is 4.98 Å². The van der Waals surface area contributed by atoms with E-state index in [0.717, 1.165) is 38.8 Å². The van der Waals surface area contributed by atoms with Crippen LogP contribution in [0.3, 0.4) is 0 Å². The molecule has 0 radical (unpaired) electrons. The molecule has 9 aromatic rings. The molecule has 0 bridgehead atoms. The summed E-state index contributed by atoms with van der Waals surface area (Å²) in [6, 6.07) is 45.7. The fourth-order valence-corrected chi connectivity index (χ4v) is 7.76. The van der Waals surface area contributed by atoms with Crippen LogP contribution in [0.5, 0.6) is 0 Å². The number of aromatic nitrogens is 3. The van der Waals surface area contributed by atoms with Gasteiger partial charge in [-0.2, -0.15) is 5.26 Å². The van der Waals surface area contributed by atoms with Crippen LogP contribution in [0, 0.1) is 11.3 Å². The van der Waals surface area contributed by atoms with Crippen LogP contribution in [0.2, 0.25) is 0 Å². The summed E-state index contributed by atoms with van der Waals surface area (Å²) in [6.45, 7) is 9.18. The Bertz CT molecular complexity index is 2710. The number of nitriles is 1. The molecule has 230 valence electrons. The Morgan fingerprint density at radius 2 is 1.19 bits per heavy atom. The van der Waals surface area contributed by atoms with Crippen LogP contribution < -0.4 is 0 Å². The topological polar surface area (TPSA) is 46.0 Å². The number of benzene rings is 6.